The highest BCUT2D eigenvalue weighted by Crippen LogP contribution is 2.19. The van der Waals surface area contributed by atoms with Crippen LogP contribution in [-0.4, -0.2) is 18.1 Å². The number of hydrogen-bond acceptors (Lipinski definition) is 3. The van der Waals surface area contributed by atoms with E-state index < -0.39 is 6.10 Å². The summed E-state index contributed by atoms with van der Waals surface area (Å²) >= 11 is 0. The van der Waals surface area contributed by atoms with Gasteiger partial charge in [-0.3, -0.25) is 4.79 Å². The molecule has 1 aromatic rings. The SMILES string of the molecule is C[C@@H](Oc1cccc(N)c1)C(=O)NC1CCCC1. The second-order valence-electron chi connectivity index (χ2n) is 4.82. The fourth-order valence-electron chi connectivity index (χ4n) is 2.23. The lowest BCUT2D eigenvalue weighted by Crippen LogP contribution is -2.41. The minimum atomic E-state index is -0.493. The van der Waals surface area contributed by atoms with E-state index in [1.165, 1.54) is 12.8 Å². The topological polar surface area (TPSA) is 64.3 Å². The summed E-state index contributed by atoms with van der Waals surface area (Å²) in [6.07, 6.45) is 4.07. The number of rotatable bonds is 4. The number of nitrogens with two attached hydrogens (primary N) is 1. The lowest BCUT2D eigenvalue weighted by Gasteiger charge is -2.18. The third-order valence-electron chi connectivity index (χ3n) is 3.24. The molecule has 2 rings (SSSR count). The average Bonchev–Trinajstić information content (AvgIpc) is 2.81. The highest BCUT2D eigenvalue weighted by Gasteiger charge is 2.21. The number of carbonyl (C=O) groups excluding carboxylic acids is 1. The van der Waals surface area contributed by atoms with Crippen molar-refractivity contribution in [3.05, 3.63) is 24.3 Å². The third kappa shape index (κ3) is 3.39. The van der Waals surface area contributed by atoms with Gasteiger partial charge in [0, 0.05) is 17.8 Å². The summed E-state index contributed by atoms with van der Waals surface area (Å²) in [7, 11) is 0. The summed E-state index contributed by atoms with van der Waals surface area (Å²) in [5.41, 5.74) is 6.30. The van der Waals surface area contributed by atoms with Crippen LogP contribution in [0.15, 0.2) is 24.3 Å². The Labute approximate surface area is 108 Å². The lowest BCUT2D eigenvalue weighted by atomic mass is 10.2. The summed E-state index contributed by atoms with van der Waals surface area (Å²) < 4.78 is 5.58. The number of ether oxygens (including phenoxy) is 1. The summed E-state index contributed by atoms with van der Waals surface area (Å²) in [5, 5.41) is 3.02. The van der Waals surface area contributed by atoms with Crippen LogP contribution in [-0.2, 0) is 4.79 Å². The molecule has 98 valence electrons. The molecular formula is C14H20N2O2. The predicted molar refractivity (Wildman–Crippen MR) is 71.3 cm³/mol. The molecule has 1 atom stereocenters. The van der Waals surface area contributed by atoms with Crippen LogP contribution in [0.3, 0.4) is 0 Å². The van der Waals surface area contributed by atoms with E-state index in [1.54, 1.807) is 25.1 Å². The normalized spacial score (nSPS) is 17.4. The molecule has 0 spiro atoms. The Morgan fingerprint density at radius 3 is 2.83 bits per heavy atom. The molecule has 0 heterocycles. The van der Waals surface area contributed by atoms with Gasteiger partial charge >= 0.3 is 0 Å². The van der Waals surface area contributed by atoms with E-state index in [0.717, 1.165) is 12.8 Å². The van der Waals surface area contributed by atoms with E-state index in [0.29, 0.717) is 17.5 Å². The Kier molecular flexibility index (Phi) is 4.07. The third-order valence-corrected chi connectivity index (χ3v) is 3.24. The molecule has 0 aliphatic heterocycles. The monoisotopic (exact) mass is 248 g/mol. The van der Waals surface area contributed by atoms with Crippen LogP contribution in [0.25, 0.3) is 0 Å². The van der Waals surface area contributed by atoms with Crippen molar-refractivity contribution in [2.45, 2.75) is 44.8 Å². The van der Waals surface area contributed by atoms with Gasteiger partial charge in [0.25, 0.3) is 5.91 Å². The quantitative estimate of drug-likeness (QED) is 0.802. The first-order valence-electron chi connectivity index (χ1n) is 6.48. The molecule has 0 radical (unpaired) electrons. The van der Waals surface area contributed by atoms with Crippen LogP contribution in [0.5, 0.6) is 5.75 Å². The smallest absolute Gasteiger partial charge is 0.260 e. The van der Waals surface area contributed by atoms with Gasteiger partial charge in [0.2, 0.25) is 0 Å². The first-order valence-corrected chi connectivity index (χ1v) is 6.48. The van der Waals surface area contributed by atoms with Gasteiger partial charge in [-0.15, -0.1) is 0 Å². The first-order chi connectivity index (χ1) is 8.65. The van der Waals surface area contributed by atoms with E-state index >= 15 is 0 Å². The predicted octanol–water partition coefficient (Wildman–Crippen LogP) is 2.09. The maximum Gasteiger partial charge on any atom is 0.260 e. The fourth-order valence-corrected chi connectivity index (χ4v) is 2.23. The van der Waals surface area contributed by atoms with Gasteiger partial charge in [-0.1, -0.05) is 18.9 Å². The molecule has 1 saturated carbocycles. The number of amides is 1. The number of carbonyl (C=O) groups is 1. The van der Waals surface area contributed by atoms with Gasteiger partial charge in [0.1, 0.15) is 5.75 Å². The summed E-state index contributed by atoms with van der Waals surface area (Å²) in [6.45, 7) is 1.76. The zero-order chi connectivity index (χ0) is 13.0. The van der Waals surface area contributed by atoms with Gasteiger partial charge in [-0.25, -0.2) is 0 Å². The van der Waals surface area contributed by atoms with E-state index in [4.69, 9.17) is 10.5 Å². The second-order valence-corrected chi connectivity index (χ2v) is 4.82. The Morgan fingerprint density at radius 1 is 1.44 bits per heavy atom. The Bertz CT molecular complexity index is 414. The fraction of sp³-hybridized carbons (Fsp3) is 0.500. The first kappa shape index (κ1) is 12.7. The van der Waals surface area contributed by atoms with Crippen molar-refractivity contribution >= 4 is 11.6 Å². The highest BCUT2D eigenvalue weighted by atomic mass is 16.5. The maximum atomic E-state index is 11.9. The molecule has 3 N–H and O–H groups in total. The number of nitrogens with one attached hydrogen (secondary N) is 1. The van der Waals surface area contributed by atoms with Gasteiger partial charge in [-0.2, -0.15) is 0 Å². The minimum Gasteiger partial charge on any atom is -0.481 e. The molecule has 4 nitrogen and oxygen atoms in total. The van der Waals surface area contributed by atoms with Gasteiger partial charge in [0.05, 0.1) is 0 Å². The van der Waals surface area contributed by atoms with Crippen LogP contribution in [0.4, 0.5) is 5.69 Å². The Morgan fingerprint density at radius 2 is 2.17 bits per heavy atom. The van der Waals surface area contributed by atoms with E-state index in [1.807, 2.05) is 6.07 Å². The van der Waals surface area contributed by atoms with Crippen molar-refractivity contribution in [3.8, 4) is 5.75 Å². The molecule has 0 bridgehead atoms. The van der Waals surface area contributed by atoms with Crippen LogP contribution in [0, 0.1) is 0 Å². The summed E-state index contributed by atoms with van der Waals surface area (Å²) in [6, 6.07) is 7.45. The molecule has 1 aromatic carbocycles. The second kappa shape index (κ2) is 5.76. The maximum absolute atomic E-state index is 11.9. The molecule has 0 saturated heterocycles. The van der Waals surface area contributed by atoms with Crippen molar-refractivity contribution in [3.63, 3.8) is 0 Å². The largest absolute Gasteiger partial charge is 0.481 e. The molecule has 0 unspecified atom stereocenters. The summed E-state index contributed by atoms with van der Waals surface area (Å²) in [5.74, 6) is 0.577. The molecule has 0 aromatic heterocycles. The van der Waals surface area contributed by atoms with E-state index in [9.17, 15) is 4.79 Å². The number of hydrogen-bond donors (Lipinski definition) is 2. The van der Waals surface area contributed by atoms with Crippen LogP contribution in [0.2, 0.25) is 0 Å². The Balaban J connectivity index is 1.86. The van der Waals surface area contributed by atoms with Gasteiger partial charge in [-0.05, 0) is 31.9 Å². The van der Waals surface area contributed by atoms with Crippen molar-refractivity contribution in [2.24, 2.45) is 0 Å². The minimum absolute atomic E-state index is 0.0516. The highest BCUT2D eigenvalue weighted by molar-refractivity contribution is 5.81. The van der Waals surface area contributed by atoms with E-state index in [2.05, 4.69) is 5.32 Å². The average molecular weight is 248 g/mol. The van der Waals surface area contributed by atoms with Crippen molar-refractivity contribution in [1.29, 1.82) is 0 Å². The lowest BCUT2D eigenvalue weighted by molar-refractivity contribution is -0.127. The van der Waals surface area contributed by atoms with E-state index in [-0.39, 0.29) is 5.91 Å². The summed E-state index contributed by atoms with van der Waals surface area (Å²) in [4.78, 5) is 11.9. The molecule has 4 heteroatoms. The molecule has 18 heavy (non-hydrogen) atoms. The molecule has 1 aliphatic rings. The van der Waals surface area contributed by atoms with Gasteiger partial charge in [0.15, 0.2) is 6.10 Å². The molecular weight excluding hydrogens is 228 g/mol. The standard InChI is InChI=1S/C14H20N2O2/c1-10(14(17)16-12-6-2-3-7-12)18-13-8-4-5-11(15)9-13/h4-5,8-10,12H,2-3,6-7,15H2,1H3,(H,16,17)/t10-/m1/s1. The Hall–Kier alpha value is -1.71. The van der Waals surface area contributed by atoms with Crippen molar-refractivity contribution in [2.75, 3.05) is 5.73 Å². The number of nitrogen functional groups attached to an aromatic ring is 1. The van der Waals surface area contributed by atoms with Crippen molar-refractivity contribution in [1.82, 2.24) is 5.32 Å². The van der Waals surface area contributed by atoms with Crippen LogP contribution < -0.4 is 15.8 Å². The van der Waals surface area contributed by atoms with Crippen molar-refractivity contribution < 1.29 is 9.53 Å². The zero-order valence-electron chi connectivity index (χ0n) is 10.7. The molecule has 1 aliphatic carbocycles. The zero-order valence-corrected chi connectivity index (χ0v) is 10.7. The molecule has 1 fully saturated rings. The van der Waals surface area contributed by atoms with Crippen LogP contribution in [0.1, 0.15) is 32.6 Å². The molecule has 1 amide bonds. The van der Waals surface area contributed by atoms with Gasteiger partial charge < -0.3 is 15.8 Å². The van der Waals surface area contributed by atoms with Crippen LogP contribution >= 0.6 is 0 Å². The number of anilines is 1. The number of benzene rings is 1.